The first kappa shape index (κ1) is 19.9. The molecule has 2 atom stereocenters. The summed E-state index contributed by atoms with van der Waals surface area (Å²) < 4.78 is 64.3. The number of H-pyrrole nitrogens is 1. The zero-order valence-corrected chi connectivity index (χ0v) is 13.9. The highest BCUT2D eigenvalue weighted by Crippen LogP contribution is 2.33. The molecule has 0 spiro atoms. The molecule has 1 aromatic heterocycles. The third-order valence-corrected chi connectivity index (χ3v) is 4.47. The van der Waals surface area contributed by atoms with Crippen LogP contribution < -0.4 is 5.32 Å². The summed E-state index contributed by atoms with van der Waals surface area (Å²) in [6, 6.07) is 0.00640. The van der Waals surface area contributed by atoms with Gasteiger partial charge in [0.1, 0.15) is 0 Å². The summed E-state index contributed by atoms with van der Waals surface area (Å²) in [5, 5.41) is 8.16. The molecular weight excluding hydrogens is 371 g/mol. The topological polar surface area (TPSA) is 61.0 Å². The van der Waals surface area contributed by atoms with Gasteiger partial charge in [0.05, 0.1) is 12.6 Å². The monoisotopic (exact) mass is 388 g/mol. The third kappa shape index (κ3) is 4.41. The number of likely N-dealkylation sites (tertiary alicyclic amines) is 1. The molecule has 0 bridgehead atoms. The lowest BCUT2D eigenvalue weighted by Gasteiger charge is -2.33. The Morgan fingerprint density at radius 3 is 2.64 bits per heavy atom. The van der Waals surface area contributed by atoms with E-state index >= 15 is 0 Å². The SMILES string of the molecule is Cl.O=C(C1CC(F)(F)CN1)N1CCCC(c2cc(C(F)(F)F)n[nH]2)C1. The highest BCUT2D eigenvalue weighted by atomic mass is 35.5. The molecule has 2 aliphatic heterocycles. The second-order valence-electron chi connectivity index (χ2n) is 6.32. The number of halogens is 6. The number of carbonyl (C=O) groups excluding carboxylic acids is 1. The molecule has 0 aromatic carbocycles. The molecule has 3 rings (SSSR count). The lowest BCUT2D eigenvalue weighted by molar-refractivity contribution is -0.141. The maximum Gasteiger partial charge on any atom is 0.435 e. The molecule has 2 aliphatic rings. The Labute approximate surface area is 146 Å². The molecule has 2 saturated heterocycles. The maximum atomic E-state index is 13.2. The number of piperidine rings is 1. The van der Waals surface area contributed by atoms with Gasteiger partial charge in [0.15, 0.2) is 5.69 Å². The van der Waals surface area contributed by atoms with Crippen LogP contribution in [0.25, 0.3) is 0 Å². The van der Waals surface area contributed by atoms with Gasteiger partial charge >= 0.3 is 6.18 Å². The summed E-state index contributed by atoms with van der Waals surface area (Å²) >= 11 is 0. The number of aromatic amines is 1. The molecule has 0 saturated carbocycles. The number of rotatable bonds is 2. The Morgan fingerprint density at radius 2 is 2.08 bits per heavy atom. The van der Waals surface area contributed by atoms with Crippen molar-refractivity contribution >= 4 is 18.3 Å². The van der Waals surface area contributed by atoms with Crippen LogP contribution in [0.1, 0.15) is 36.6 Å². The Balaban J connectivity index is 0.00000225. The van der Waals surface area contributed by atoms with Crippen LogP contribution in [-0.2, 0) is 11.0 Å². The van der Waals surface area contributed by atoms with Crippen LogP contribution in [0.5, 0.6) is 0 Å². The van der Waals surface area contributed by atoms with Crippen molar-refractivity contribution in [2.45, 2.75) is 43.3 Å². The molecule has 5 nitrogen and oxygen atoms in total. The van der Waals surface area contributed by atoms with Gasteiger partial charge in [0, 0.05) is 31.1 Å². The molecular formula is C14H18ClF5N4O. The van der Waals surface area contributed by atoms with Gasteiger partial charge in [0.25, 0.3) is 5.92 Å². The van der Waals surface area contributed by atoms with Crippen molar-refractivity contribution in [3.8, 4) is 0 Å². The van der Waals surface area contributed by atoms with Gasteiger partial charge in [-0.15, -0.1) is 12.4 Å². The molecule has 1 amide bonds. The average Bonchev–Trinajstić information content (AvgIpc) is 3.13. The van der Waals surface area contributed by atoms with Gasteiger partial charge in [-0.2, -0.15) is 18.3 Å². The van der Waals surface area contributed by atoms with Crippen LogP contribution in [0.3, 0.4) is 0 Å². The Kier molecular flexibility index (Phi) is 5.62. The van der Waals surface area contributed by atoms with Gasteiger partial charge in [0.2, 0.25) is 5.91 Å². The second-order valence-corrected chi connectivity index (χ2v) is 6.32. The van der Waals surface area contributed by atoms with E-state index in [1.807, 2.05) is 0 Å². The van der Waals surface area contributed by atoms with E-state index < -0.39 is 42.7 Å². The van der Waals surface area contributed by atoms with Crippen LogP contribution in [0.15, 0.2) is 6.07 Å². The molecule has 2 N–H and O–H groups in total. The number of nitrogens with one attached hydrogen (secondary N) is 2. The minimum atomic E-state index is -4.53. The Morgan fingerprint density at radius 1 is 1.36 bits per heavy atom. The van der Waals surface area contributed by atoms with Crippen molar-refractivity contribution in [2.75, 3.05) is 19.6 Å². The highest BCUT2D eigenvalue weighted by Gasteiger charge is 2.44. The Bertz CT molecular complexity index is 621. The van der Waals surface area contributed by atoms with Crippen LogP contribution in [0.4, 0.5) is 22.0 Å². The standard InChI is InChI=1S/C14H17F5N4O.ClH/c15-13(16)5-10(20-7-13)12(24)23-3-1-2-8(6-23)9-4-11(22-21-9)14(17,18)19;/h4,8,10,20H,1-3,5-7H2,(H,21,22);1H. The summed E-state index contributed by atoms with van der Waals surface area (Å²) in [4.78, 5) is 13.8. The maximum absolute atomic E-state index is 13.2. The first-order valence-electron chi connectivity index (χ1n) is 7.68. The summed E-state index contributed by atoms with van der Waals surface area (Å²) in [5.74, 6) is -3.64. The fourth-order valence-corrected chi connectivity index (χ4v) is 3.23. The van der Waals surface area contributed by atoms with Gasteiger partial charge in [-0.05, 0) is 18.9 Å². The van der Waals surface area contributed by atoms with E-state index in [1.54, 1.807) is 0 Å². The van der Waals surface area contributed by atoms with Gasteiger partial charge < -0.3 is 4.90 Å². The summed E-state index contributed by atoms with van der Waals surface area (Å²) in [6.45, 7) is 0.0809. The number of alkyl halides is 5. The average molecular weight is 389 g/mol. The molecule has 1 aromatic rings. The molecule has 3 heterocycles. The van der Waals surface area contributed by atoms with E-state index in [-0.39, 0.29) is 24.9 Å². The molecule has 142 valence electrons. The van der Waals surface area contributed by atoms with Crippen LogP contribution in [0.2, 0.25) is 0 Å². The number of nitrogens with zero attached hydrogens (tertiary/aromatic N) is 2. The van der Waals surface area contributed by atoms with Crippen molar-refractivity contribution in [3.05, 3.63) is 17.5 Å². The molecule has 2 fully saturated rings. The minimum absolute atomic E-state index is 0. The number of hydrogen-bond acceptors (Lipinski definition) is 3. The quantitative estimate of drug-likeness (QED) is 0.765. The predicted molar refractivity (Wildman–Crippen MR) is 80.7 cm³/mol. The minimum Gasteiger partial charge on any atom is -0.341 e. The van der Waals surface area contributed by atoms with Crippen LogP contribution >= 0.6 is 12.4 Å². The zero-order valence-electron chi connectivity index (χ0n) is 13.1. The number of aromatic nitrogens is 2. The fourth-order valence-electron chi connectivity index (χ4n) is 3.23. The first-order chi connectivity index (χ1) is 11.2. The van der Waals surface area contributed by atoms with Crippen LogP contribution in [0, 0.1) is 0 Å². The van der Waals surface area contributed by atoms with E-state index in [4.69, 9.17) is 0 Å². The van der Waals surface area contributed by atoms with Crippen molar-refractivity contribution in [2.24, 2.45) is 0 Å². The summed E-state index contributed by atoms with van der Waals surface area (Å²) in [5.41, 5.74) is -0.692. The van der Waals surface area contributed by atoms with Crippen LogP contribution in [-0.4, -0.2) is 52.6 Å². The highest BCUT2D eigenvalue weighted by molar-refractivity contribution is 5.85. The second kappa shape index (κ2) is 7.06. The zero-order chi connectivity index (χ0) is 17.5. The lowest BCUT2D eigenvalue weighted by atomic mass is 9.94. The van der Waals surface area contributed by atoms with Crippen molar-refractivity contribution in [3.63, 3.8) is 0 Å². The largest absolute Gasteiger partial charge is 0.435 e. The lowest BCUT2D eigenvalue weighted by Crippen LogP contribution is -2.47. The van der Waals surface area contributed by atoms with Gasteiger partial charge in [-0.25, -0.2) is 8.78 Å². The molecule has 0 radical (unpaired) electrons. The van der Waals surface area contributed by atoms with Crippen molar-refractivity contribution in [1.29, 1.82) is 0 Å². The number of carbonyl (C=O) groups is 1. The summed E-state index contributed by atoms with van der Waals surface area (Å²) in [6.07, 6.45) is -3.87. The van der Waals surface area contributed by atoms with Gasteiger partial charge in [-0.3, -0.25) is 15.2 Å². The normalized spacial score (nSPS) is 26.4. The van der Waals surface area contributed by atoms with Crippen molar-refractivity contribution < 1.29 is 26.7 Å². The van der Waals surface area contributed by atoms with E-state index in [1.165, 1.54) is 4.90 Å². The van der Waals surface area contributed by atoms with E-state index in [9.17, 15) is 26.7 Å². The van der Waals surface area contributed by atoms with E-state index in [2.05, 4.69) is 15.5 Å². The van der Waals surface area contributed by atoms with E-state index in [0.29, 0.717) is 25.1 Å². The Hall–Kier alpha value is -1.42. The third-order valence-electron chi connectivity index (χ3n) is 4.47. The number of hydrogen-bond donors (Lipinski definition) is 2. The fraction of sp³-hybridized carbons (Fsp3) is 0.714. The summed E-state index contributed by atoms with van der Waals surface area (Å²) in [7, 11) is 0. The predicted octanol–water partition coefficient (Wildman–Crippen LogP) is 2.55. The van der Waals surface area contributed by atoms with Crippen molar-refractivity contribution in [1.82, 2.24) is 20.4 Å². The van der Waals surface area contributed by atoms with E-state index in [0.717, 1.165) is 6.07 Å². The molecule has 2 unspecified atom stereocenters. The molecule has 25 heavy (non-hydrogen) atoms. The smallest absolute Gasteiger partial charge is 0.341 e. The number of amides is 1. The molecule has 0 aliphatic carbocycles. The van der Waals surface area contributed by atoms with Gasteiger partial charge in [-0.1, -0.05) is 0 Å². The first-order valence-corrected chi connectivity index (χ1v) is 7.68. The molecule has 11 heteroatoms.